The lowest BCUT2D eigenvalue weighted by atomic mass is 10.1. The number of nitrogens with two attached hydrogens (primary N) is 1. The predicted molar refractivity (Wildman–Crippen MR) is 66.6 cm³/mol. The number of aromatic nitrogens is 1. The Hall–Kier alpha value is -2.16. The lowest BCUT2D eigenvalue weighted by Gasteiger charge is -2.02. The molecule has 86 valence electrons. The first-order chi connectivity index (χ1) is 8.25. The molecule has 0 saturated heterocycles. The molecule has 3 heteroatoms. The number of nitrogens with zero attached hydrogens (tertiary/aromatic N) is 1. The Kier molecular flexibility index (Phi) is 3.50. The number of hydrogen-bond donors (Lipinski definition) is 1. The molecule has 0 unspecified atom stereocenters. The highest BCUT2D eigenvalue weighted by molar-refractivity contribution is 5.90. The Morgan fingerprint density at radius 2 is 1.71 bits per heavy atom. The third kappa shape index (κ3) is 3.14. The molecule has 1 aromatic carbocycles. The fourth-order valence-electron chi connectivity index (χ4n) is 1.65. The molecule has 17 heavy (non-hydrogen) atoms. The number of rotatable bonds is 4. The van der Waals surface area contributed by atoms with Gasteiger partial charge < -0.3 is 5.73 Å². The SMILES string of the molecule is NC(=O)c1ccc(CCc2ccccc2)cn1. The summed E-state index contributed by atoms with van der Waals surface area (Å²) in [5, 5.41) is 0. The Morgan fingerprint density at radius 1 is 1.00 bits per heavy atom. The first-order valence-corrected chi connectivity index (χ1v) is 5.54. The van der Waals surface area contributed by atoms with Gasteiger partial charge in [-0.25, -0.2) is 0 Å². The van der Waals surface area contributed by atoms with Crippen molar-refractivity contribution in [1.29, 1.82) is 0 Å². The first kappa shape index (κ1) is 11.3. The Bertz CT molecular complexity index is 491. The summed E-state index contributed by atoms with van der Waals surface area (Å²) in [4.78, 5) is 14.9. The summed E-state index contributed by atoms with van der Waals surface area (Å²) in [5.41, 5.74) is 7.85. The summed E-state index contributed by atoms with van der Waals surface area (Å²) in [6, 6.07) is 13.8. The first-order valence-electron chi connectivity index (χ1n) is 5.54. The molecule has 0 atom stereocenters. The van der Waals surface area contributed by atoms with Crippen LogP contribution in [0, 0.1) is 0 Å². The minimum absolute atomic E-state index is 0.313. The van der Waals surface area contributed by atoms with Crippen molar-refractivity contribution in [2.45, 2.75) is 12.8 Å². The number of amides is 1. The molecule has 1 amide bonds. The number of aryl methyl sites for hydroxylation is 2. The highest BCUT2D eigenvalue weighted by Crippen LogP contribution is 2.06. The zero-order chi connectivity index (χ0) is 12.1. The predicted octanol–water partition coefficient (Wildman–Crippen LogP) is 1.97. The van der Waals surface area contributed by atoms with E-state index in [1.54, 1.807) is 12.3 Å². The Labute approximate surface area is 100 Å². The van der Waals surface area contributed by atoms with E-state index in [2.05, 4.69) is 17.1 Å². The van der Waals surface area contributed by atoms with Crippen LogP contribution >= 0.6 is 0 Å². The molecule has 0 radical (unpaired) electrons. The molecule has 1 heterocycles. The topological polar surface area (TPSA) is 56.0 Å². The van der Waals surface area contributed by atoms with E-state index in [-0.39, 0.29) is 0 Å². The highest BCUT2D eigenvalue weighted by Gasteiger charge is 2.01. The van der Waals surface area contributed by atoms with Crippen molar-refractivity contribution in [2.75, 3.05) is 0 Å². The largest absolute Gasteiger partial charge is 0.364 e. The van der Waals surface area contributed by atoms with Gasteiger partial charge in [0.1, 0.15) is 5.69 Å². The van der Waals surface area contributed by atoms with Gasteiger partial charge in [0.25, 0.3) is 5.91 Å². The van der Waals surface area contributed by atoms with Gasteiger partial charge in [-0.2, -0.15) is 0 Å². The van der Waals surface area contributed by atoms with Crippen LogP contribution in [0.15, 0.2) is 48.7 Å². The van der Waals surface area contributed by atoms with E-state index in [4.69, 9.17) is 5.73 Å². The molecule has 0 spiro atoms. The highest BCUT2D eigenvalue weighted by atomic mass is 16.1. The Morgan fingerprint density at radius 3 is 2.29 bits per heavy atom. The maximum atomic E-state index is 10.9. The van der Waals surface area contributed by atoms with Crippen molar-refractivity contribution in [3.05, 3.63) is 65.5 Å². The van der Waals surface area contributed by atoms with Gasteiger partial charge in [-0.1, -0.05) is 36.4 Å². The summed E-state index contributed by atoms with van der Waals surface area (Å²) in [7, 11) is 0. The van der Waals surface area contributed by atoms with Crippen molar-refractivity contribution in [1.82, 2.24) is 4.98 Å². The lowest BCUT2D eigenvalue weighted by Crippen LogP contribution is -2.12. The van der Waals surface area contributed by atoms with E-state index >= 15 is 0 Å². The van der Waals surface area contributed by atoms with Gasteiger partial charge in [-0.05, 0) is 30.0 Å². The van der Waals surface area contributed by atoms with Gasteiger partial charge in [0.2, 0.25) is 0 Å². The van der Waals surface area contributed by atoms with E-state index in [0.29, 0.717) is 5.69 Å². The minimum atomic E-state index is -0.486. The molecule has 0 bridgehead atoms. The molecule has 0 aliphatic carbocycles. The molecule has 0 aliphatic heterocycles. The lowest BCUT2D eigenvalue weighted by molar-refractivity contribution is 0.0995. The van der Waals surface area contributed by atoms with Crippen molar-refractivity contribution in [3.8, 4) is 0 Å². The molecule has 2 aromatic rings. The maximum absolute atomic E-state index is 10.9. The van der Waals surface area contributed by atoms with Crippen LogP contribution in [0.3, 0.4) is 0 Å². The van der Waals surface area contributed by atoms with Crippen LogP contribution in [-0.4, -0.2) is 10.9 Å². The van der Waals surface area contributed by atoms with E-state index in [0.717, 1.165) is 18.4 Å². The average molecular weight is 226 g/mol. The minimum Gasteiger partial charge on any atom is -0.364 e. The van der Waals surface area contributed by atoms with Gasteiger partial charge in [0.15, 0.2) is 0 Å². The summed E-state index contributed by atoms with van der Waals surface area (Å²) < 4.78 is 0. The van der Waals surface area contributed by atoms with Crippen LogP contribution < -0.4 is 5.73 Å². The average Bonchev–Trinajstić information content (AvgIpc) is 2.38. The zero-order valence-electron chi connectivity index (χ0n) is 9.47. The number of benzene rings is 1. The molecule has 1 aromatic heterocycles. The quantitative estimate of drug-likeness (QED) is 0.866. The number of carbonyl (C=O) groups is 1. The molecule has 2 N–H and O–H groups in total. The van der Waals surface area contributed by atoms with Gasteiger partial charge in [0, 0.05) is 6.20 Å². The summed E-state index contributed by atoms with van der Waals surface area (Å²) in [5.74, 6) is -0.486. The van der Waals surface area contributed by atoms with Crippen LogP contribution in [0.5, 0.6) is 0 Å². The fourth-order valence-corrected chi connectivity index (χ4v) is 1.65. The molecule has 0 saturated carbocycles. The van der Waals surface area contributed by atoms with Crippen molar-refractivity contribution < 1.29 is 4.79 Å². The molecule has 3 nitrogen and oxygen atoms in total. The Balaban J connectivity index is 1.98. The number of primary amides is 1. The number of hydrogen-bond acceptors (Lipinski definition) is 2. The summed E-state index contributed by atoms with van der Waals surface area (Å²) in [6.07, 6.45) is 3.59. The van der Waals surface area contributed by atoms with E-state index in [1.165, 1.54) is 5.56 Å². The fraction of sp³-hybridized carbons (Fsp3) is 0.143. The second-order valence-corrected chi connectivity index (χ2v) is 3.90. The van der Waals surface area contributed by atoms with Crippen LogP contribution in [0.4, 0.5) is 0 Å². The van der Waals surface area contributed by atoms with E-state index in [9.17, 15) is 4.79 Å². The third-order valence-corrected chi connectivity index (χ3v) is 2.62. The van der Waals surface area contributed by atoms with Crippen LogP contribution in [-0.2, 0) is 12.8 Å². The maximum Gasteiger partial charge on any atom is 0.267 e. The van der Waals surface area contributed by atoms with E-state index in [1.807, 2.05) is 24.3 Å². The van der Waals surface area contributed by atoms with Gasteiger partial charge in [-0.15, -0.1) is 0 Å². The van der Waals surface area contributed by atoms with Gasteiger partial charge in [0.05, 0.1) is 0 Å². The number of carbonyl (C=O) groups excluding carboxylic acids is 1. The molecular weight excluding hydrogens is 212 g/mol. The van der Waals surface area contributed by atoms with Crippen LogP contribution in [0.2, 0.25) is 0 Å². The zero-order valence-corrected chi connectivity index (χ0v) is 9.47. The summed E-state index contributed by atoms with van der Waals surface area (Å²) in [6.45, 7) is 0. The second kappa shape index (κ2) is 5.25. The van der Waals surface area contributed by atoms with Crippen LogP contribution in [0.1, 0.15) is 21.6 Å². The molecule has 0 fully saturated rings. The monoisotopic (exact) mass is 226 g/mol. The van der Waals surface area contributed by atoms with Crippen molar-refractivity contribution in [2.24, 2.45) is 5.73 Å². The van der Waals surface area contributed by atoms with Gasteiger partial charge >= 0.3 is 0 Å². The van der Waals surface area contributed by atoms with Crippen LogP contribution in [0.25, 0.3) is 0 Å². The molecule has 0 aliphatic rings. The number of pyridine rings is 1. The van der Waals surface area contributed by atoms with Crippen molar-refractivity contribution >= 4 is 5.91 Å². The smallest absolute Gasteiger partial charge is 0.267 e. The summed E-state index contributed by atoms with van der Waals surface area (Å²) >= 11 is 0. The molecular formula is C14H14N2O. The van der Waals surface area contributed by atoms with Crippen molar-refractivity contribution in [3.63, 3.8) is 0 Å². The standard InChI is InChI=1S/C14H14N2O/c15-14(17)13-9-8-12(10-16-13)7-6-11-4-2-1-3-5-11/h1-5,8-10H,6-7H2,(H2,15,17). The van der Waals surface area contributed by atoms with Gasteiger partial charge in [-0.3, -0.25) is 9.78 Å². The normalized spacial score (nSPS) is 10.1. The van der Waals surface area contributed by atoms with E-state index < -0.39 is 5.91 Å². The third-order valence-electron chi connectivity index (χ3n) is 2.62. The molecule has 2 rings (SSSR count). The second-order valence-electron chi connectivity index (χ2n) is 3.90.